The molecule has 0 spiro atoms. The van der Waals surface area contributed by atoms with E-state index in [0.29, 0.717) is 17.1 Å². The number of carbonyl (C=O) groups is 2. The summed E-state index contributed by atoms with van der Waals surface area (Å²) >= 11 is 3.29. The maximum absolute atomic E-state index is 12.0. The van der Waals surface area contributed by atoms with Gasteiger partial charge in [0.05, 0.1) is 0 Å². The molecule has 2 amide bonds. The van der Waals surface area contributed by atoms with E-state index >= 15 is 0 Å². The van der Waals surface area contributed by atoms with E-state index in [1.807, 2.05) is 0 Å². The average Bonchev–Trinajstić information content (AvgIpc) is 3.21. The molecule has 0 unspecified atom stereocenters. The van der Waals surface area contributed by atoms with Crippen molar-refractivity contribution in [3.05, 3.63) is 46.7 Å². The van der Waals surface area contributed by atoms with Crippen LogP contribution < -0.4 is 10.6 Å². The zero-order chi connectivity index (χ0) is 14.8. The molecular formula is C15H14BrN3O2. The maximum atomic E-state index is 12.0. The van der Waals surface area contributed by atoms with Crippen molar-refractivity contribution in [1.82, 2.24) is 4.98 Å². The van der Waals surface area contributed by atoms with Crippen molar-refractivity contribution in [1.29, 1.82) is 0 Å². The number of benzene rings is 1. The lowest BCUT2D eigenvalue weighted by molar-refractivity contribution is -0.117. The van der Waals surface area contributed by atoms with Crippen LogP contribution in [-0.4, -0.2) is 16.8 Å². The highest BCUT2D eigenvalue weighted by Crippen LogP contribution is 2.30. The summed E-state index contributed by atoms with van der Waals surface area (Å²) in [4.78, 5) is 26.6. The van der Waals surface area contributed by atoms with E-state index in [4.69, 9.17) is 0 Å². The van der Waals surface area contributed by atoms with Crippen LogP contribution in [0, 0.1) is 5.92 Å². The van der Waals surface area contributed by atoms with E-state index in [-0.39, 0.29) is 17.7 Å². The molecule has 1 saturated carbocycles. The first-order chi connectivity index (χ1) is 10.1. The molecule has 0 radical (unpaired) electrons. The first-order valence-corrected chi connectivity index (χ1v) is 7.47. The van der Waals surface area contributed by atoms with Gasteiger partial charge in [0.2, 0.25) is 5.91 Å². The SMILES string of the molecule is O=C(Nc1cccc(NC(=O)C2CC2)c1)c1cc(Br)c[nH]1. The molecule has 1 fully saturated rings. The summed E-state index contributed by atoms with van der Waals surface area (Å²) in [5.74, 6) is -0.0299. The Hall–Kier alpha value is -2.08. The van der Waals surface area contributed by atoms with Gasteiger partial charge in [-0.25, -0.2) is 0 Å². The van der Waals surface area contributed by atoms with Crippen molar-refractivity contribution in [2.24, 2.45) is 5.92 Å². The van der Waals surface area contributed by atoms with Crippen LogP contribution in [-0.2, 0) is 4.79 Å². The van der Waals surface area contributed by atoms with E-state index in [1.54, 1.807) is 36.5 Å². The van der Waals surface area contributed by atoms with Gasteiger partial charge in [0.1, 0.15) is 5.69 Å². The van der Waals surface area contributed by atoms with Gasteiger partial charge in [0, 0.05) is 28.0 Å². The third-order valence-electron chi connectivity index (χ3n) is 3.23. The molecule has 1 aromatic heterocycles. The normalized spacial score (nSPS) is 13.8. The molecule has 21 heavy (non-hydrogen) atoms. The smallest absolute Gasteiger partial charge is 0.272 e. The Labute approximate surface area is 130 Å². The van der Waals surface area contributed by atoms with E-state index in [0.717, 1.165) is 17.3 Å². The highest BCUT2D eigenvalue weighted by Gasteiger charge is 2.29. The zero-order valence-electron chi connectivity index (χ0n) is 11.2. The summed E-state index contributed by atoms with van der Waals surface area (Å²) < 4.78 is 0.818. The highest BCUT2D eigenvalue weighted by atomic mass is 79.9. The van der Waals surface area contributed by atoms with E-state index < -0.39 is 0 Å². The van der Waals surface area contributed by atoms with Crippen LogP contribution in [0.1, 0.15) is 23.3 Å². The third-order valence-corrected chi connectivity index (χ3v) is 3.69. The van der Waals surface area contributed by atoms with Crippen LogP contribution in [0.4, 0.5) is 11.4 Å². The Morgan fingerprint density at radius 1 is 1.14 bits per heavy atom. The van der Waals surface area contributed by atoms with Crippen LogP contribution in [0.5, 0.6) is 0 Å². The predicted molar refractivity (Wildman–Crippen MR) is 84.2 cm³/mol. The first kappa shape index (κ1) is 13.9. The molecule has 0 atom stereocenters. The third kappa shape index (κ3) is 3.52. The fourth-order valence-electron chi connectivity index (χ4n) is 1.96. The predicted octanol–water partition coefficient (Wildman–Crippen LogP) is 3.38. The lowest BCUT2D eigenvalue weighted by atomic mass is 10.2. The minimum atomic E-state index is -0.230. The van der Waals surface area contributed by atoms with Gasteiger partial charge in [-0.15, -0.1) is 0 Å². The molecule has 1 heterocycles. The highest BCUT2D eigenvalue weighted by molar-refractivity contribution is 9.10. The molecule has 3 rings (SSSR count). The van der Waals surface area contributed by atoms with Gasteiger partial charge in [-0.3, -0.25) is 9.59 Å². The van der Waals surface area contributed by atoms with Gasteiger partial charge >= 0.3 is 0 Å². The lowest BCUT2D eigenvalue weighted by Crippen LogP contribution is -2.15. The molecule has 1 aliphatic carbocycles. The van der Waals surface area contributed by atoms with Gasteiger partial charge in [0.25, 0.3) is 5.91 Å². The maximum Gasteiger partial charge on any atom is 0.272 e. The van der Waals surface area contributed by atoms with Crippen LogP contribution >= 0.6 is 15.9 Å². The van der Waals surface area contributed by atoms with Crippen molar-refractivity contribution >= 4 is 39.1 Å². The zero-order valence-corrected chi connectivity index (χ0v) is 12.7. The Balaban J connectivity index is 1.67. The Morgan fingerprint density at radius 2 is 1.86 bits per heavy atom. The Kier molecular flexibility index (Phi) is 3.79. The number of anilines is 2. The number of halogens is 1. The number of carbonyl (C=O) groups excluding carboxylic acids is 2. The molecule has 3 N–H and O–H groups in total. The number of aromatic amines is 1. The molecule has 0 saturated heterocycles. The molecule has 6 heteroatoms. The van der Waals surface area contributed by atoms with E-state index in [9.17, 15) is 9.59 Å². The Bertz CT molecular complexity index is 692. The van der Waals surface area contributed by atoms with Gasteiger partial charge in [-0.2, -0.15) is 0 Å². The largest absolute Gasteiger partial charge is 0.356 e. The number of hydrogen-bond donors (Lipinski definition) is 3. The van der Waals surface area contributed by atoms with Crippen molar-refractivity contribution in [2.45, 2.75) is 12.8 Å². The molecule has 5 nitrogen and oxygen atoms in total. The fourth-order valence-corrected chi connectivity index (χ4v) is 2.31. The van der Waals surface area contributed by atoms with Gasteiger partial charge < -0.3 is 15.6 Å². The number of rotatable bonds is 4. The van der Waals surface area contributed by atoms with Gasteiger partial charge in [-0.1, -0.05) is 6.07 Å². The van der Waals surface area contributed by atoms with Crippen molar-refractivity contribution in [2.75, 3.05) is 10.6 Å². The summed E-state index contributed by atoms with van der Waals surface area (Å²) in [6.45, 7) is 0. The summed E-state index contributed by atoms with van der Waals surface area (Å²) in [5.41, 5.74) is 1.80. The number of H-pyrrole nitrogens is 1. The first-order valence-electron chi connectivity index (χ1n) is 6.68. The molecule has 2 aromatic rings. The van der Waals surface area contributed by atoms with Crippen molar-refractivity contribution < 1.29 is 9.59 Å². The second-order valence-corrected chi connectivity index (χ2v) is 5.95. The topological polar surface area (TPSA) is 74.0 Å². The molecule has 0 bridgehead atoms. The van der Waals surface area contributed by atoms with Gasteiger partial charge in [-0.05, 0) is 53.0 Å². The number of nitrogens with one attached hydrogen (secondary N) is 3. The average molecular weight is 348 g/mol. The quantitative estimate of drug-likeness (QED) is 0.793. The van der Waals surface area contributed by atoms with Crippen LogP contribution in [0.15, 0.2) is 41.0 Å². The lowest BCUT2D eigenvalue weighted by Gasteiger charge is -2.08. The molecule has 1 aromatic carbocycles. The second-order valence-electron chi connectivity index (χ2n) is 5.03. The van der Waals surface area contributed by atoms with Crippen LogP contribution in [0.3, 0.4) is 0 Å². The van der Waals surface area contributed by atoms with E-state index in [2.05, 4.69) is 31.5 Å². The monoisotopic (exact) mass is 347 g/mol. The molecule has 0 aliphatic heterocycles. The van der Waals surface area contributed by atoms with Crippen molar-refractivity contribution in [3.63, 3.8) is 0 Å². The standard InChI is InChI=1S/C15H14BrN3O2/c16-10-6-13(17-8-10)15(21)19-12-3-1-2-11(7-12)18-14(20)9-4-5-9/h1-3,6-9,17H,4-5H2,(H,18,20)(H,19,21). The second kappa shape index (κ2) is 5.73. The molecule has 108 valence electrons. The summed E-state index contributed by atoms with van der Waals surface area (Å²) in [6, 6.07) is 8.83. The van der Waals surface area contributed by atoms with E-state index in [1.165, 1.54) is 0 Å². The van der Waals surface area contributed by atoms with Crippen LogP contribution in [0.2, 0.25) is 0 Å². The summed E-state index contributed by atoms with van der Waals surface area (Å²) in [7, 11) is 0. The summed E-state index contributed by atoms with van der Waals surface area (Å²) in [5, 5.41) is 5.64. The number of amides is 2. The minimum Gasteiger partial charge on any atom is -0.356 e. The number of aromatic nitrogens is 1. The summed E-state index contributed by atoms with van der Waals surface area (Å²) in [6.07, 6.45) is 3.62. The fraction of sp³-hybridized carbons (Fsp3) is 0.200. The Morgan fingerprint density at radius 3 is 2.48 bits per heavy atom. The molecular weight excluding hydrogens is 334 g/mol. The molecule has 1 aliphatic rings. The van der Waals surface area contributed by atoms with Gasteiger partial charge in [0.15, 0.2) is 0 Å². The van der Waals surface area contributed by atoms with Crippen molar-refractivity contribution in [3.8, 4) is 0 Å². The van der Waals surface area contributed by atoms with Crippen LogP contribution in [0.25, 0.3) is 0 Å². The minimum absolute atomic E-state index is 0.0479. The number of hydrogen-bond acceptors (Lipinski definition) is 2.